The maximum absolute atomic E-state index is 3.69. The van der Waals surface area contributed by atoms with Gasteiger partial charge in [-0.05, 0) is 61.6 Å². The van der Waals surface area contributed by atoms with E-state index in [0.717, 1.165) is 13.0 Å². The van der Waals surface area contributed by atoms with Crippen molar-refractivity contribution in [2.24, 2.45) is 0 Å². The van der Waals surface area contributed by atoms with Crippen LogP contribution in [0.1, 0.15) is 42.4 Å². The van der Waals surface area contributed by atoms with E-state index in [-0.39, 0.29) is 0 Å². The zero-order valence-corrected chi connectivity index (χ0v) is 14.0. The lowest BCUT2D eigenvalue weighted by Crippen LogP contribution is -2.37. The van der Waals surface area contributed by atoms with Gasteiger partial charge in [0.2, 0.25) is 0 Å². The summed E-state index contributed by atoms with van der Waals surface area (Å²) < 4.78 is 0. The monoisotopic (exact) mass is 306 g/mol. The Morgan fingerprint density at radius 1 is 1.04 bits per heavy atom. The van der Waals surface area contributed by atoms with Gasteiger partial charge >= 0.3 is 0 Å². The topological polar surface area (TPSA) is 15.3 Å². The molecule has 1 atom stereocenters. The number of anilines is 2. The molecule has 0 unspecified atom stereocenters. The number of nitrogens with one attached hydrogen (secondary N) is 1. The van der Waals surface area contributed by atoms with E-state index in [1.54, 1.807) is 0 Å². The van der Waals surface area contributed by atoms with E-state index in [1.165, 1.54) is 60.3 Å². The molecule has 0 amide bonds. The Balaban J connectivity index is 1.62. The van der Waals surface area contributed by atoms with Crippen LogP contribution in [0.25, 0.3) is 0 Å². The molecule has 1 saturated heterocycles. The van der Waals surface area contributed by atoms with Crippen molar-refractivity contribution in [3.63, 3.8) is 0 Å². The van der Waals surface area contributed by atoms with Crippen LogP contribution >= 0.6 is 0 Å². The van der Waals surface area contributed by atoms with Gasteiger partial charge in [0, 0.05) is 30.4 Å². The number of nitrogens with zero attached hydrogens (tertiary/aromatic N) is 1. The van der Waals surface area contributed by atoms with Crippen molar-refractivity contribution in [2.45, 2.75) is 45.1 Å². The van der Waals surface area contributed by atoms with Crippen LogP contribution in [0, 0.1) is 6.92 Å². The summed E-state index contributed by atoms with van der Waals surface area (Å²) >= 11 is 0. The Morgan fingerprint density at radius 3 is 2.78 bits per heavy atom. The summed E-state index contributed by atoms with van der Waals surface area (Å²) in [5, 5.41) is 3.69. The van der Waals surface area contributed by atoms with Crippen molar-refractivity contribution in [2.75, 3.05) is 18.0 Å². The first-order chi connectivity index (χ1) is 11.3. The number of fused-ring (bicyclic) bond motifs is 2. The molecule has 2 heteroatoms. The van der Waals surface area contributed by atoms with Crippen molar-refractivity contribution >= 4 is 11.4 Å². The number of para-hydroxylation sites is 1. The Kier molecular flexibility index (Phi) is 4.09. The number of benzene rings is 2. The van der Waals surface area contributed by atoms with Crippen LogP contribution in [0.2, 0.25) is 0 Å². The predicted molar refractivity (Wildman–Crippen MR) is 97.7 cm³/mol. The van der Waals surface area contributed by atoms with Crippen molar-refractivity contribution in [1.82, 2.24) is 5.32 Å². The molecular formula is C21H26N2. The summed E-state index contributed by atoms with van der Waals surface area (Å²) in [5.41, 5.74) is 7.09. The van der Waals surface area contributed by atoms with E-state index < -0.39 is 0 Å². The minimum atomic E-state index is 0.686. The number of piperidine rings is 1. The standard InChI is InChI=1S/C21H26N2/c1-16-9-10-18-15-17-6-2-3-8-20(17)23(21(18)14-16)13-11-19-7-4-5-12-22-19/h2-3,6,8-10,14,19,22H,4-5,7,11-13,15H2,1H3/t19-/m1/s1. The molecular weight excluding hydrogens is 280 g/mol. The van der Waals surface area contributed by atoms with Crippen LogP contribution in [0.15, 0.2) is 42.5 Å². The molecule has 1 fully saturated rings. The summed E-state index contributed by atoms with van der Waals surface area (Å²) in [6, 6.07) is 16.5. The zero-order valence-electron chi connectivity index (χ0n) is 14.0. The Hall–Kier alpha value is -1.80. The fourth-order valence-corrected chi connectivity index (χ4v) is 4.03. The van der Waals surface area contributed by atoms with Gasteiger partial charge < -0.3 is 10.2 Å². The molecule has 0 saturated carbocycles. The first kappa shape index (κ1) is 14.8. The van der Waals surface area contributed by atoms with Gasteiger partial charge in [-0.3, -0.25) is 0 Å². The second-order valence-electron chi connectivity index (χ2n) is 7.02. The summed E-state index contributed by atoms with van der Waals surface area (Å²) in [6.45, 7) is 4.49. The van der Waals surface area contributed by atoms with Gasteiger partial charge in [-0.15, -0.1) is 0 Å². The van der Waals surface area contributed by atoms with E-state index in [4.69, 9.17) is 0 Å². The Bertz CT molecular complexity index is 686. The molecule has 2 aliphatic rings. The maximum Gasteiger partial charge on any atom is 0.0449 e. The van der Waals surface area contributed by atoms with Crippen LogP contribution in [0.5, 0.6) is 0 Å². The van der Waals surface area contributed by atoms with Gasteiger partial charge in [0.15, 0.2) is 0 Å². The normalized spacial score (nSPS) is 20.0. The number of hydrogen-bond acceptors (Lipinski definition) is 2. The lowest BCUT2D eigenvalue weighted by Gasteiger charge is -2.35. The molecule has 0 spiro atoms. The number of hydrogen-bond donors (Lipinski definition) is 1. The van der Waals surface area contributed by atoms with Crippen LogP contribution in [0.3, 0.4) is 0 Å². The highest BCUT2D eigenvalue weighted by atomic mass is 15.1. The molecule has 2 aromatic rings. The van der Waals surface area contributed by atoms with E-state index in [0.29, 0.717) is 6.04 Å². The fourth-order valence-electron chi connectivity index (χ4n) is 4.03. The van der Waals surface area contributed by atoms with E-state index in [2.05, 4.69) is 59.6 Å². The molecule has 0 radical (unpaired) electrons. The molecule has 0 bridgehead atoms. The SMILES string of the molecule is Cc1ccc2c(c1)N(CC[C@H]1CCCCN1)c1ccccc1C2. The maximum atomic E-state index is 3.69. The van der Waals surface area contributed by atoms with E-state index >= 15 is 0 Å². The second kappa shape index (κ2) is 6.37. The van der Waals surface area contributed by atoms with E-state index in [1.807, 2.05) is 0 Å². The van der Waals surface area contributed by atoms with Gasteiger partial charge in [-0.25, -0.2) is 0 Å². The largest absolute Gasteiger partial charge is 0.341 e. The molecule has 2 aliphatic heterocycles. The molecule has 4 rings (SSSR count). The molecule has 0 aromatic heterocycles. The first-order valence-electron chi connectivity index (χ1n) is 8.99. The highest BCUT2D eigenvalue weighted by molar-refractivity contribution is 5.74. The first-order valence-corrected chi connectivity index (χ1v) is 8.99. The third-order valence-corrected chi connectivity index (χ3v) is 5.31. The van der Waals surface area contributed by atoms with Crippen LogP contribution < -0.4 is 10.2 Å². The summed E-state index contributed by atoms with van der Waals surface area (Å²) in [4.78, 5) is 2.55. The number of aryl methyl sites for hydroxylation is 1. The van der Waals surface area contributed by atoms with Crippen LogP contribution in [0.4, 0.5) is 11.4 Å². The lowest BCUT2D eigenvalue weighted by molar-refractivity contribution is 0.385. The summed E-state index contributed by atoms with van der Waals surface area (Å²) in [5.74, 6) is 0. The minimum Gasteiger partial charge on any atom is -0.341 e. The predicted octanol–water partition coefficient (Wildman–Crippen LogP) is 4.57. The van der Waals surface area contributed by atoms with Gasteiger partial charge in [0.25, 0.3) is 0 Å². The van der Waals surface area contributed by atoms with Crippen molar-refractivity contribution in [3.8, 4) is 0 Å². The third-order valence-electron chi connectivity index (χ3n) is 5.31. The van der Waals surface area contributed by atoms with Crippen LogP contribution in [-0.2, 0) is 6.42 Å². The average molecular weight is 306 g/mol. The molecule has 2 heterocycles. The fraction of sp³-hybridized carbons (Fsp3) is 0.429. The quantitative estimate of drug-likeness (QED) is 0.893. The average Bonchev–Trinajstić information content (AvgIpc) is 2.60. The number of rotatable bonds is 3. The molecule has 2 aromatic carbocycles. The third kappa shape index (κ3) is 3.00. The molecule has 23 heavy (non-hydrogen) atoms. The van der Waals surface area contributed by atoms with Gasteiger partial charge in [0.1, 0.15) is 0 Å². The van der Waals surface area contributed by atoms with Crippen molar-refractivity contribution in [3.05, 3.63) is 59.2 Å². The molecule has 1 N–H and O–H groups in total. The Labute approximate surface area is 139 Å². The van der Waals surface area contributed by atoms with Gasteiger partial charge in [0.05, 0.1) is 0 Å². The van der Waals surface area contributed by atoms with Gasteiger partial charge in [-0.1, -0.05) is 36.8 Å². The summed E-state index contributed by atoms with van der Waals surface area (Å²) in [7, 11) is 0. The molecule has 2 nitrogen and oxygen atoms in total. The zero-order chi connectivity index (χ0) is 15.6. The molecule has 0 aliphatic carbocycles. The molecule has 120 valence electrons. The highest BCUT2D eigenvalue weighted by Crippen LogP contribution is 2.39. The van der Waals surface area contributed by atoms with Crippen LogP contribution in [-0.4, -0.2) is 19.1 Å². The van der Waals surface area contributed by atoms with Crippen molar-refractivity contribution < 1.29 is 0 Å². The minimum absolute atomic E-state index is 0.686. The highest BCUT2D eigenvalue weighted by Gasteiger charge is 2.23. The lowest BCUT2D eigenvalue weighted by atomic mass is 9.93. The van der Waals surface area contributed by atoms with Crippen molar-refractivity contribution in [1.29, 1.82) is 0 Å². The summed E-state index contributed by atoms with van der Waals surface area (Å²) in [6.07, 6.45) is 6.33. The van der Waals surface area contributed by atoms with E-state index in [9.17, 15) is 0 Å². The smallest absolute Gasteiger partial charge is 0.0449 e. The van der Waals surface area contributed by atoms with Gasteiger partial charge in [-0.2, -0.15) is 0 Å². The second-order valence-corrected chi connectivity index (χ2v) is 7.02. The Morgan fingerprint density at radius 2 is 1.91 bits per heavy atom.